The molecule has 1 saturated heterocycles. The van der Waals surface area contributed by atoms with Gasteiger partial charge in [-0.1, -0.05) is 26.0 Å². The quantitative estimate of drug-likeness (QED) is 0.851. The highest BCUT2D eigenvalue weighted by molar-refractivity contribution is 5.85. The van der Waals surface area contributed by atoms with Gasteiger partial charge in [-0.15, -0.1) is 12.4 Å². The van der Waals surface area contributed by atoms with Crippen LogP contribution in [-0.4, -0.2) is 13.2 Å². The predicted molar refractivity (Wildman–Crippen MR) is 69.2 cm³/mol. The molecule has 6 heteroatoms. The maximum absolute atomic E-state index is 12.4. The van der Waals surface area contributed by atoms with Gasteiger partial charge in [0.25, 0.3) is 0 Å². The molecule has 2 nitrogen and oxygen atoms in total. The van der Waals surface area contributed by atoms with Crippen molar-refractivity contribution in [3.05, 3.63) is 35.4 Å². The van der Waals surface area contributed by atoms with Crippen LogP contribution in [-0.2, 0) is 10.9 Å². The molecule has 0 radical (unpaired) electrons. The lowest BCUT2D eigenvalue weighted by molar-refractivity contribution is -0.137. The van der Waals surface area contributed by atoms with Crippen LogP contribution < -0.4 is 5.32 Å². The summed E-state index contributed by atoms with van der Waals surface area (Å²) >= 11 is 0. The molecule has 1 atom stereocenters. The van der Waals surface area contributed by atoms with Crippen molar-refractivity contribution in [1.29, 1.82) is 0 Å². The molecule has 108 valence electrons. The van der Waals surface area contributed by atoms with E-state index in [4.69, 9.17) is 4.74 Å². The average molecular weight is 296 g/mol. The summed E-state index contributed by atoms with van der Waals surface area (Å²) < 4.78 is 42.9. The second-order valence-electron chi connectivity index (χ2n) is 5.36. The molecule has 0 saturated carbocycles. The van der Waals surface area contributed by atoms with Crippen LogP contribution >= 0.6 is 12.4 Å². The van der Waals surface area contributed by atoms with E-state index in [1.807, 2.05) is 0 Å². The maximum Gasteiger partial charge on any atom is 0.416 e. The van der Waals surface area contributed by atoms with Crippen LogP contribution in [0.2, 0.25) is 0 Å². The Morgan fingerprint density at radius 3 is 2.21 bits per heavy atom. The Kier molecular flexibility index (Phi) is 4.87. The van der Waals surface area contributed by atoms with E-state index >= 15 is 0 Å². The second-order valence-corrected chi connectivity index (χ2v) is 5.36. The number of alkyl halides is 3. The van der Waals surface area contributed by atoms with Crippen LogP contribution in [0.25, 0.3) is 0 Å². The van der Waals surface area contributed by atoms with Gasteiger partial charge in [0.1, 0.15) is 6.23 Å². The monoisotopic (exact) mass is 295 g/mol. The topological polar surface area (TPSA) is 21.3 Å². The van der Waals surface area contributed by atoms with Gasteiger partial charge in [-0.25, -0.2) is 0 Å². The minimum absolute atomic E-state index is 0. The molecular formula is C13H17ClF3NO. The van der Waals surface area contributed by atoms with Gasteiger partial charge in [-0.3, -0.25) is 5.32 Å². The molecule has 1 N–H and O–H groups in total. The fraction of sp³-hybridized carbons (Fsp3) is 0.538. The third-order valence-electron chi connectivity index (χ3n) is 2.95. The van der Waals surface area contributed by atoms with E-state index in [1.165, 1.54) is 12.1 Å². The van der Waals surface area contributed by atoms with Gasteiger partial charge in [0.05, 0.1) is 12.2 Å². The fourth-order valence-electron chi connectivity index (χ4n) is 1.85. The number of rotatable bonds is 1. The van der Waals surface area contributed by atoms with Crippen LogP contribution in [0.5, 0.6) is 0 Å². The number of ether oxygens (including phenoxy) is 1. The Bertz CT molecular complexity index is 407. The Balaban J connectivity index is 0.00000180. The summed E-state index contributed by atoms with van der Waals surface area (Å²) in [4.78, 5) is 0. The fourth-order valence-corrected chi connectivity index (χ4v) is 1.85. The average Bonchev–Trinajstić information content (AvgIpc) is 2.28. The van der Waals surface area contributed by atoms with Gasteiger partial charge < -0.3 is 4.74 Å². The molecule has 0 bridgehead atoms. The van der Waals surface area contributed by atoms with Gasteiger partial charge >= 0.3 is 6.18 Å². The van der Waals surface area contributed by atoms with Gasteiger partial charge in [-0.2, -0.15) is 13.2 Å². The Morgan fingerprint density at radius 2 is 1.79 bits per heavy atom. The van der Waals surface area contributed by atoms with Gasteiger partial charge in [0.15, 0.2) is 0 Å². The number of benzene rings is 1. The largest absolute Gasteiger partial charge is 0.416 e. The highest BCUT2D eigenvalue weighted by Gasteiger charge is 2.31. The highest BCUT2D eigenvalue weighted by Crippen LogP contribution is 2.31. The van der Waals surface area contributed by atoms with Crippen molar-refractivity contribution in [3.8, 4) is 0 Å². The first kappa shape index (κ1) is 16.3. The number of halogens is 4. The van der Waals surface area contributed by atoms with Crippen molar-refractivity contribution in [2.75, 3.05) is 13.2 Å². The van der Waals surface area contributed by atoms with E-state index in [0.717, 1.165) is 24.2 Å². The minimum atomic E-state index is -4.29. The van der Waals surface area contributed by atoms with Crippen molar-refractivity contribution in [2.45, 2.75) is 26.3 Å². The zero-order valence-electron chi connectivity index (χ0n) is 10.8. The van der Waals surface area contributed by atoms with Crippen LogP contribution in [0.3, 0.4) is 0 Å². The molecule has 1 heterocycles. The smallest absolute Gasteiger partial charge is 0.358 e. The summed E-state index contributed by atoms with van der Waals surface area (Å²) in [6.45, 7) is 5.51. The third kappa shape index (κ3) is 4.09. The number of nitrogens with one attached hydrogen (secondary N) is 1. The molecule has 1 aromatic carbocycles. The van der Waals surface area contributed by atoms with E-state index in [-0.39, 0.29) is 24.0 Å². The van der Waals surface area contributed by atoms with Crippen molar-refractivity contribution < 1.29 is 17.9 Å². The first-order valence-electron chi connectivity index (χ1n) is 5.80. The molecule has 2 rings (SSSR count). The van der Waals surface area contributed by atoms with Crippen molar-refractivity contribution in [1.82, 2.24) is 5.32 Å². The summed E-state index contributed by atoms with van der Waals surface area (Å²) in [6.07, 6.45) is -4.61. The Morgan fingerprint density at radius 1 is 1.21 bits per heavy atom. The zero-order chi connectivity index (χ0) is 13.4. The lowest BCUT2D eigenvalue weighted by Gasteiger charge is -2.35. The number of hydrogen-bond donors (Lipinski definition) is 1. The predicted octanol–water partition coefficient (Wildman–Crippen LogP) is 3.77. The Hall–Kier alpha value is -0.780. The third-order valence-corrected chi connectivity index (χ3v) is 2.95. The molecule has 0 amide bonds. The summed E-state index contributed by atoms with van der Waals surface area (Å²) in [7, 11) is 0. The molecule has 0 aromatic heterocycles. The summed E-state index contributed by atoms with van der Waals surface area (Å²) in [5.41, 5.74) is 0.142. The standard InChI is InChI=1S/C13H16F3NO.ClH/c1-12(2)7-17-11(18-8-12)9-3-5-10(6-4-9)13(14,15)16;/h3-6,11,17H,7-8H2,1-2H3;1H. The second kappa shape index (κ2) is 5.69. The number of hydrogen-bond acceptors (Lipinski definition) is 2. The molecule has 1 aromatic rings. The van der Waals surface area contributed by atoms with E-state index in [1.54, 1.807) is 0 Å². The molecule has 1 aliphatic heterocycles. The lowest BCUT2D eigenvalue weighted by Crippen LogP contribution is -2.43. The summed E-state index contributed by atoms with van der Waals surface area (Å²) in [5, 5.41) is 3.18. The van der Waals surface area contributed by atoms with Gasteiger partial charge in [-0.05, 0) is 17.7 Å². The van der Waals surface area contributed by atoms with E-state index < -0.39 is 11.7 Å². The SMILES string of the molecule is CC1(C)CNC(c2ccc(C(F)(F)F)cc2)OC1.Cl. The maximum atomic E-state index is 12.4. The molecule has 1 unspecified atom stereocenters. The molecule has 1 fully saturated rings. The first-order valence-corrected chi connectivity index (χ1v) is 5.80. The van der Waals surface area contributed by atoms with Gasteiger partial charge in [0.2, 0.25) is 0 Å². The van der Waals surface area contributed by atoms with E-state index in [9.17, 15) is 13.2 Å². The van der Waals surface area contributed by atoms with E-state index in [0.29, 0.717) is 6.61 Å². The molecule has 19 heavy (non-hydrogen) atoms. The van der Waals surface area contributed by atoms with Crippen LogP contribution in [0.15, 0.2) is 24.3 Å². The molecule has 0 aliphatic carbocycles. The lowest BCUT2D eigenvalue weighted by atomic mass is 9.93. The summed E-state index contributed by atoms with van der Waals surface area (Å²) in [6, 6.07) is 5.08. The molecular weight excluding hydrogens is 279 g/mol. The van der Waals surface area contributed by atoms with Crippen molar-refractivity contribution in [3.63, 3.8) is 0 Å². The highest BCUT2D eigenvalue weighted by atomic mass is 35.5. The summed E-state index contributed by atoms with van der Waals surface area (Å²) in [5.74, 6) is 0. The Labute approximate surface area is 116 Å². The van der Waals surface area contributed by atoms with Crippen LogP contribution in [0.1, 0.15) is 31.2 Å². The van der Waals surface area contributed by atoms with Crippen molar-refractivity contribution in [2.24, 2.45) is 5.41 Å². The minimum Gasteiger partial charge on any atom is -0.358 e. The zero-order valence-corrected chi connectivity index (χ0v) is 11.6. The molecule has 1 aliphatic rings. The molecule has 0 spiro atoms. The van der Waals surface area contributed by atoms with Crippen LogP contribution in [0.4, 0.5) is 13.2 Å². The van der Waals surface area contributed by atoms with Crippen LogP contribution in [0, 0.1) is 5.41 Å². The van der Waals surface area contributed by atoms with Gasteiger partial charge in [0, 0.05) is 12.0 Å². The van der Waals surface area contributed by atoms with E-state index in [2.05, 4.69) is 19.2 Å². The first-order chi connectivity index (χ1) is 8.28. The normalized spacial score (nSPS) is 22.7. The van der Waals surface area contributed by atoms with Crippen molar-refractivity contribution >= 4 is 12.4 Å².